The van der Waals surface area contributed by atoms with Crippen molar-refractivity contribution in [3.63, 3.8) is 0 Å². The lowest BCUT2D eigenvalue weighted by molar-refractivity contribution is -0.697. The monoisotopic (exact) mass is 676 g/mol. The number of unbranched alkanes of at least 4 members (excludes halogenated alkanes) is 4. The summed E-state index contributed by atoms with van der Waals surface area (Å²) in [5.41, 5.74) is 6.36. The summed E-state index contributed by atoms with van der Waals surface area (Å²) in [5, 5.41) is 0. The second-order valence-corrected chi connectivity index (χ2v) is 11.4. The van der Waals surface area contributed by atoms with Crippen LogP contribution in [0.2, 0.25) is 0 Å². The van der Waals surface area contributed by atoms with Crippen molar-refractivity contribution in [2.75, 3.05) is 0 Å². The minimum atomic E-state index is -3.97. The van der Waals surface area contributed by atoms with E-state index in [1.165, 1.54) is 34.6 Å². The van der Waals surface area contributed by atoms with Gasteiger partial charge in [-0.2, -0.15) is 0 Å². The zero-order chi connectivity index (χ0) is 24.1. The van der Waals surface area contributed by atoms with Crippen molar-refractivity contribution in [3.8, 4) is 0 Å². The van der Waals surface area contributed by atoms with Crippen molar-refractivity contribution in [3.05, 3.63) is 65.5 Å². The van der Waals surface area contributed by atoms with Crippen LogP contribution in [-0.4, -0.2) is 21.6 Å². The first-order valence-electron chi connectivity index (χ1n) is 11.8. The van der Waals surface area contributed by atoms with Gasteiger partial charge in [-0.05, 0) is 89.7 Å². The van der Waals surface area contributed by atoms with E-state index in [0.29, 0.717) is 22.8 Å². The Morgan fingerprint density at radius 3 is 2.42 bits per heavy atom. The van der Waals surface area contributed by atoms with E-state index in [1.54, 1.807) is 0 Å². The Balaban J connectivity index is 1.90. The van der Waals surface area contributed by atoms with Gasteiger partial charge < -0.3 is 17.6 Å². The van der Waals surface area contributed by atoms with Crippen molar-refractivity contribution >= 4 is 63.4 Å². The maximum absolute atomic E-state index is 16.1. The third kappa shape index (κ3) is 4.06. The lowest BCUT2D eigenvalue weighted by Crippen LogP contribution is -2.51. The standard InChI is InChI=1S/C25H31BF2I2N3/c1-6-7-8-9-10-13-31-14-11-12-20(15-31)21-24-16(2)22(29)18(4)32(24)26(27,28)33-19(5)23(30)17(3)25(21)33/h11-12,14-15H,6-10,13H2,1-5H3/q+1. The lowest BCUT2D eigenvalue weighted by atomic mass is 9.84. The Labute approximate surface area is 223 Å². The van der Waals surface area contributed by atoms with E-state index >= 15 is 8.63 Å². The fraction of sp³-hybridized carbons (Fsp3) is 0.440. The summed E-state index contributed by atoms with van der Waals surface area (Å²) in [5.74, 6) is 0. The van der Waals surface area contributed by atoms with Crippen molar-refractivity contribution in [2.24, 2.45) is 0 Å². The first-order chi connectivity index (χ1) is 15.6. The average Bonchev–Trinajstić information content (AvgIpc) is 3.15. The van der Waals surface area contributed by atoms with Gasteiger partial charge in [0, 0.05) is 34.2 Å². The smallest absolute Gasteiger partial charge is 0.392 e. The zero-order valence-corrected chi connectivity index (χ0v) is 24.3. The average molecular weight is 676 g/mol. The van der Waals surface area contributed by atoms with E-state index in [-0.39, 0.29) is 0 Å². The Bertz CT molecular complexity index is 1220. The predicted octanol–water partition coefficient (Wildman–Crippen LogP) is 7.16. The van der Waals surface area contributed by atoms with Crippen LogP contribution in [0.3, 0.4) is 0 Å². The molecule has 0 aliphatic carbocycles. The van der Waals surface area contributed by atoms with Gasteiger partial charge in [0.1, 0.15) is 12.3 Å². The second kappa shape index (κ2) is 9.55. The topological polar surface area (TPSA) is 11.8 Å². The van der Waals surface area contributed by atoms with Gasteiger partial charge in [-0.25, -0.2) is 4.57 Å². The van der Waals surface area contributed by atoms with Crippen LogP contribution in [0.5, 0.6) is 0 Å². The summed E-state index contributed by atoms with van der Waals surface area (Å²) in [6.07, 6.45) is 10.4. The molecule has 0 aromatic carbocycles. The molecule has 33 heavy (non-hydrogen) atoms. The summed E-state index contributed by atoms with van der Waals surface area (Å²) in [6.45, 7) is 6.78. The minimum Gasteiger partial charge on any atom is -0.392 e. The van der Waals surface area contributed by atoms with Crippen LogP contribution < -0.4 is 4.57 Å². The highest BCUT2D eigenvalue weighted by Gasteiger charge is 2.57. The molecule has 4 heterocycles. The minimum absolute atomic E-state index is 0.636. The van der Waals surface area contributed by atoms with Crippen molar-refractivity contribution in [2.45, 2.75) is 73.3 Å². The zero-order valence-electron chi connectivity index (χ0n) is 20.0. The van der Waals surface area contributed by atoms with Gasteiger partial charge in [0.25, 0.3) is 0 Å². The largest absolute Gasteiger partial charge is 0.737 e. The fourth-order valence-electron chi connectivity index (χ4n) is 5.26. The normalized spacial score (nSPS) is 17.2. The number of nitrogens with zero attached hydrogens (tertiary/aromatic N) is 3. The number of allylic oxidation sites excluding steroid dienone is 2. The molecule has 0 saturated carbocycles. The van der Waals surface area contributed by atoms with E-state index in [1.807, 2.05) is 33.8 Å². The number of hydrogen-bond donors (Lipinski definition) is 0. The molecule has 0 atom stereocenters. The van der Waals surface area contributed by atoms with Crippen molar-refractivity contribution in [1.29, 1.82) is 0 Å². The first-order valence-corrected chi connectivity index (χ1v) is 13.9. The molecule has 8 heteroatoms. The Morgan fingerprint density at radius 1 is 1.03 bits per heavy atom. The molecule has 0 saturated heterocycles. The van der Waals surface area contributed by atoms with Crippen molar-refractivity contribution in [1.82, 2.24) is 4.48 Å². The Kier molecular flexibility index (Phi) is 7.25. The summed E-state index contributed by atoms with van der Waals surface area (Å²) in [6, 6.07) is 4.12. The number of pyridine rings is 1. The number of fused-ring (bicyclic) bond motifs is 2. The highest BCUT2D eigenvalue weighted by molar-refractivity contribution is 14.1. The molecule has 2 aliphatic heterocycles. The fourth-order valence-corrected chi connectivity index (χ4v) is 6.29. The highest BCUT2D eigenvalue weighted by atomic mass is 127. The maximum atomic E-state index is 16.1. The van der Waals surface area contributed by atoms with Gasteiger partial charge >= 0.3 is 6.97 Å². The maximum Gasteiger partial charge on any atom is 0.737 e. The van der Waals surface area contributed by atoms with E-state index < -0.39 is 6.97 Å². The van der Waals surface area contributed by atoms with E-state index in [2.05, 4.69) is 75.1 Å². The van der Waals surface area contributed by atoms with E-state index in [9.17, 15) is 0 Å². The highest BCUT2D eigenvalue weighted by Crippen LogP contribution is 2.47. The molecule has 3 nitrogen and oxygen atoms in total. The molecule has 2 aromatic rings. The summed E-state index contributed by atoms with van der Waals surface area (Å²) in [4.78, 5) is 0. The summed E-state index contributed by atoms with van der Waals surface area (Å²) in [7, 11) is 0. The number of rotatable bonds is 7. The van der Waals surface area contributed by atoms with Crippen LogP contribution in [0.25, 0.3) is 5.57 Å². The van der Waals surface area contributed by atoms with Crippen molar-refractivity contribution < 1.29 is 17.7 Å². The number of aromatic nitrogens is 2. The second-order valence-electron chi connectivity index (χ2n) is 9.19. The van der Waals surface area contributed by atoms with Gasteiger partial charge in [0.15, 0.2) is 18.1 Å². The lowest BCUT2D eigenvalue weighted by Gasteiger charge is -2.33. The predicted molar refractivity (Wildman–Crippen MR) is 149 cm³/mol. The molecule has 2 aliphatic rings. The number of aryl methyl sites for hydroxylation is 1. The molecule has 0 N–H and O–H groups in total. The molecule has 0 radical (unpaired) electrons. The molecule has 0 bridgehead atoms. The van der Waals surface area contributed by atoms with Crippen LogP contribution in [-0.2, 0) is 6.54 Å². The quantitative estimate of drug-likeness (QED) is 0.128. The summed E-state index contributed by atoms with van der Waals surface area (Å²) < 4.78 is 38.9. The molecule has 2 aromatic heterocycles. The Morgan fingerprint density at radius 2 is 1.73 bits per heavy atom. The third-order valence-electron chi connectivity index (χ3n) is 6.97. The molecule has 4 rings (SSSR count). The first kappa shape index (κ1) is 25.1. The van der Waals surface area contributed by atoms with E-state index in [0.717, 1.165) is 42.4 Å². The molecular weight excluding hydrogens is 645 g/mol. The van der Waals surface area contributed by atoms with Crippen LogP contribution in [0, 0.1) is 17.4 Å². The van der Waals surface area contributed by atoms with Gasteiger partial charge in [-0.15, -0.1) is 0 Å². The van der Waals surface area contributed by atoms with E-state index in [4.69, 9.17) is 0 Å². The molecule has 176 valence electrons. The Hall–Kier alpha value is -1.04. The number of hydrogen-bond acceptors (Lipinski definition) is 0. The molecule has 0 spiro atoms. The molecule has 0 fully saturated rings. The van der Waals surface area contributed by atoms with Crippen LogP contribution in [0.15, 0.2) is 39.4 Å². The van der Waals surface area contributed by atoms with Gasteiger partial charge in [-0.3, -0.25) is 0 Å². The molecular formula is C25H31BF2I2N3+. The molecule has 0 amide bonds. The van der Waals surface area contributed by atoms with Crippen LogP contribution in [0.4, 0.5) is 8.63 Å². The third-order valence-corrected chi connectivity index (χ3v) is 10.1. The van der Waals surface area contributed by atoms with Gasteiger partial charge in [0.05, 0.1) is 14.7 Å². The van der Waals surface area contributed by atoms with Gasteiger partial charge in [-0.1, -0.05) is 26.2 Å². The molecule has 0 unspecified atom stereocenters. The summed E-state index contributed by atoms with van der Waals surface area (Å²) >= 11 is 4.44. The van der Waals surface area contributed by atoms with Crippen LogP contribution >= 0.6 is 45.2 Å². The SMILES string of the molecule is CCCCCCC[n+]1cccc(C2=C3C(C)=C(I)C(C)=[N+]3[B-](F)(F)n3c(C)c(I)c(C)c32)c1. The number of halogens is 4. The van der Waals surface area contributed by atoms with Gasteiger partial charge in [0.2, 0.25) is 0 Å². The van der Waals surface area contributed by atoms with Crippen LogP contribution in [0.1, 0.15) is 75.4 Å².